The number of alkyl halides is 3. The zero-order chi connectivity index (χ0) is 21.6. The van der Waals surface area contributed by atoms with Crippen LogP contribution >= 0.6 is 11.8 Å². The number of halogens is 3. The number of hydrogen-bond acceptors (Lipinski definition) is 4. The Balaban J connectivity index is 1.39. The van der Waals surface area contributed by atoms with Crippen molar-refractivity contribution in [3.63, 3.8) is 0 Å². The number of piperazine rings is 1. The minimum absolute atomic E-state index is 0.0196. The van der Waals surface area contributed by atoms with E-state index in [0.29, 0.717) is 5.56 Å². The Bertz CT molecular complexity index is 807. The van der Waals surface area contributed by atoms with Crippen LogP contribution in [0.15, 0.2) is 59.5 Å². The van der Waals surface area contributed by atoms with E-state index in [1.165, 1.54) is 30.0 Å². The Kier molecular flexibility index (Phi) is 7.66. The fourth-order valence-electron chi connectivity index (χ4n) is 3.43. The van der Waals surface area contributed by atoms with Crippen LogP contribution in [0.1, 0.15) is 23.7 Å². The first-order chi connectivity index (χ1) is 14.3. The molecule has 8 heteroatoms. The Morgan fingerprint density at radius 1 is 1.03 bits per heavy atom. The summed E-state index contributed by atoms with van der Waals surface area (Å²) in [6.07, 6.45) is 0.819. The minimum Gasteiger partial charge on any atom is -0.369 e. The number of nitrogens with zero attached hydrogens (tertiary/aromatic N) is 2. The topological polar surface area (TPSA) is 35.6 Å². The molecule has 162 valence electrons. The van der Waals surface area contributed by atoms with Crippen molar-refractivity contribution in [3.05, 3.63) is 60.2 Å². The Morgan fingerprint density at radius 3 is 2.27 bits per heavy atom. The second kappa shape index (κ2) is 10.2. The van der Waals surface area contributed by atoms with Crippen LogP contribution in [0.4, 0.5) is 18.9 Å². The van der Waals surface area contributed by atoms with Gasteiger partial charge in [0.1, 0.15) is 0 Å². The fourth-order valence-corrected chi connectivity index (χ4v) is 3.97. The van der Waals surface area contributed by atoms with E-state index < -0.39 is 5.51 Å². The number of amides is 1. The van der Waals surface area contributed by atoms with Gasteiger partial charge in [-0.25, -0.2) is 0 Å². The van der Waals surface area contributed by atoms with Crippen molar-refractivity contribution in [2.24, 2.45) is 0 Å². The number of carbonyl (C=O) groups excluding carboxylic acids is 1. The van der Waals surface area contributed by atoms with Crippen molar-refractivity contribution < 1.29 is 18.0 Å². The van der Waals surface area contributed by atoms with Crippen LogP contribution in [0.25, 0.3) is 0 Å². The lowest BCUT2D eigenvalue weighted by Crippen LogP contribution is -2.47. The van der Waals surface area contributed by atoms with Crippen molar-refractivity contribution >= 4 is 23.4 Å². The maximum absolute atomic E-state index is 12.4. The van der Waals surface area contributed by atoms with Gasteiger partial charge in [-0.2, -0.15) is 13.2 Å². The van der Waals surface area contributed by atoms with Crippen LogP contribution in [0.2, 0.25) is 0 Å². The summed E-state index contributed by atoms with van der Waals surface area (Å²) in [7, 11) is 0. The average Bonchev–Trinajstić information content (AvgIpc) is 2.72. The lowest BCUT2D eigenvalue weighted by atomic mass is 10.1. The molecule has 1 fully saturated rings. The number of para-hydroxylation sites is 1. The van der Waals surface area contributed by atoms with Gasteiger partial charge in [-0.15, -0.1) is 0 Å². The van der Waals surface area contributed by atoms with E-state index in [2.05, 4.69) is 39.4 Å². The zero-order valence-electron chi connectivity index (χ0n) is 16.9. The molecule has 1 atom stereocenters. The second-order valence-electron chi connectivity index (χ2n) is 7.40. The predicted molar refractivity (Wildman–Crippen MR) is 115 cm³/mol. The number of rotatable bonds is 7. The van der Waals surface area contributed by atoms with Crippen molar-refractivity contribution in [1.82, 2.24) is 10.2 Å². The van der Waals surface area contributed by atoms with Crippen molar-refractivity contribution in [1.29, 1.82) is 0 Å². The van der Waals surface area contributed by atoms with E-state index >= 15 is 0 Å². The van der Waals surface area contributed by atoms with Crippen LogP contribution in [-0.2, 0) is 0 Å². The number of hydrogen-bond donors (Lipinski definition) is 1. The molecule has 3 rings (SSSR count). The third-order valence-corrected chi connectivity index (χ3v) is 5.84. The number of carbonyl (C=O) groups is 1. The summed E-state index contributed by atoms with van der Waals surface area (Å²) in [4.78, 5) is 17.2. The fraction of sp³-hybridized carbons (Fsp3) is 0.409. The molecular weight excluding hydrogens is 411 g/mol. The molecule has 0 bridgehead atoms. The molecule has 2 aromatic rings. The lowest BCUT2D eigenvalue weighted by Gasteiger charge is -2.36. The van der Waals surface area contributed by atoms with E-state index in [1.807, 2.05) is 13.0 Å². The van der Waals surface area contributed by atoms with Crippen LogP contribution < -0.4 is 10.2 Å². The van der Waals surface area contributed by atoms with Gasteiger partial charge >= 0.3 is 5.51 Å². The molecule has 1 aliphatic heterocycles. The SMILES string of the molecule is C[C@@H](CCN1CCN(c2ccccc2)CC1)NC(=O)c1ccc(SC(F)(F)F)cc1. The summed E-state index contributed by atoms with van der Waals surface area (Å²) in [5.74, 6) is -0.264. The third kappa shape index (κ3) is 6.95. The molecule has 1 amide bonds. The quantitative estimate of drug-likeness (QED) is 0.641. The van der Waals surface area contributed by atoms with Crippen LogP contribution in [0, 0.1) is 0 Å². The van der Waals surface area contributed by atoms with Gasteiger partial charge in [0.2, 0.25) is 0 Å². The summed E-state index contributed by atoms with van der Waals surface area (Å²) in [6.45, 7) is 6.76. The molecule has 1 aliphatic rings. The largest absolute Gasteiger partial charge is 0.446 e. The van der Waals surface area contributed by atoms with Gasteiger partial charge in [0.15, 0.2) is 0 Å². The van der Waals surface area contributed by atoms with Gasteiger partial charge in [0.25, 0.3) is 5.91 Å². The van der Waals surface area contributed by atoms with Gasteiger partial charge in [0.05, 0.1) is 0 Å². The Labute approximate surface area is 179 Å². The first-order valence-corrected chi connectivity index (χ1v) is 10.8. The molecule has 2 aromatic carbocycles. The molecule has 0 aliphatic carbocycles. The van der Waals surface area contributed by atoms with Crippen LogP contribution in [0.3, 0.4) is 0 Å². The predicted octanol–water partition coefficient (Wildman–Crippen LogP) is 4.63. The van der Waals surface area contributed by atoms with Gasteiger partial charge in [0, 0.05) is 54.9 Å². The second-order valence-corrected chi connectivity index (χ2v) is 8.54. The highest BCUT2D eigenvalue weighted by atomic mass is 32.2. The monoisotopic (exact) mass is 437 g/mol. The smallest absolute Gasteiger partial charge is 0.369 e. The van der Waals surface area contributed by atoms with Gasteiger partial charge in [-0.05, 0) is 61.5 Å². The van der Waals surface area contributed by atoms with Crippen molar-refractivity contribution in [3.8, 4) is 0 Å². The Morgan fingerprint density at radius 2 is 1.67 bits per heavy atom. The molecule has 1 heterocycles. The molecule has 0 spiro atoms. The van der Waals surface area contributed by atoms with Gasteiger partial charge < -0.3 is 10.2 Å². The molecule has 0 saturated carbocycles. The summed E-state index contributed by atoms with van der Waals surface area (Å²) >= 11 is -0.183. The van der Waals surface area contributed by atoms with Crippen LogP contribution in [0.5, 0.6) is 0 Å². The van der Waals surface area contributed by atoms with E-state index in [0.717, 1.165) is 39.1 Å². The van der Waals surface area contributed by atoms with Crippen molar-refractivity contribution in [2.45, 2.75) is 29.8 Å². The molecule has 0 radical (unpaired) electrons. The maximum Gasteiger partial charge on any atom is 0.446 e. The van der Waals surface area contributed by atoms with Crippen LogP contribution in [-0.4, -0.2) is 55.1 Å². The molecule has 30 heavy (non-hydrogen) atoms. The van der Waals surface area contributed by atoms with E-state index in [9.17, 15) is 18.0 Å². The molecule has 0 unspecified atom stereocenters. The number of nitrogens with one attached hydrogen (secondary N) is 1. The number of thioether (sulfide) groups is 1. The highest BCUT2D eigenvalue weighted by molar-refractivity contribution is 8.00. The summed E-state index contributed by atoms with van der Waals surface area (Å²) in [6, 6.07) is 15.9. The summed E-state index contributed by atoms with van der Waals surface area (Å²) < 4.78 is 37.2. The average molecular weight is 438 g/mol. The van der Waals surface area contributed by atoms with Gasteiger partial charge in [-0.1, -0.05) is 18.2 Å². The zero-order valence-corrected chi connectivity index (χ0v) is 17.7. The van der Waals surface area contributed by atoms with E-state index in [4.69, 9.17) is 0 Å². The first kappa shape index (κ1) is 22.5. The van der Waals surface area contributed by atoms with Gasteiger partial charge in [-0.3, -0.25) is 9.69 Å². The normalized spacial score (nSPS) is 16.3. The summed E-state index contributed by atoms with van der Waals surface area (Å²) in [5, 5.41) is 2.93. The third-order valence-electron chi connectivity index (χ3n) is 5.10. The molecule has 1 N–H and O–H groups in total. The van der Waals surface area contributed by atoms with E-state index in [1.54, 1.807) is 0 Å². The maximum atomic E-state index is 12.4. The highest BCUT2D eigenvalue weighted by Crippen LogP contribution is 2.36. The molecular formula is C22H26F3N3OS. The molecule has 1 saturated heterocycles. The minimum atomic E-state index is -4.33. The standard InChI is InChI=1S/C22H26F3N3OS/c1-17(26-21(29)18-7-9-20(10-8-18)30-22(23,24)25)11-12-27-13-15-28(16-14-27)19-5-3-2-4-6-19/h2-10,17H,11-16H2,1H3,(H,26,29)/t17-/m0/s1. The lowest BCUT2D eigenvalue weighted by molar-refractivity contribution is -0.0328. The Hall–Kier alpha value is -2.19. The number of benzene rings is 2. The molecule has 4 nitrogen and oxygen atoms in total. The number of anilines is 1. The molecule has 0 aromatic heterocycles. The first-order valence-electron chi connectivity index (χ1n) is 9.99. The van der Waals surface area contributed by atoms with E-state index in [-0.39, 0.29) is 28.6 Å². The summed E-state index contributed by atoms with van der Waals surface area (Å²) in [5.41, 5.74) is -2.72. The van der Waals surface area contributed by atoms with Crippen molar-refractivity contribution in [2.75, 3.05) is 37.6 Å². The highest BCUT2D eigenvalue weighted by Gasteiger charge is 2.29.